The van der Waals surface area contributed by atoms with Gasteiger partial charge in [0.1, 0.15) is 5.84 Å². The van der Waals surface area contributed by atoms with Crippen LogP contribution in [0.3, 0.4) is 0 Å². The van der Waals surface area contributed by atoms with E-state index in [0.717, 1.165) is 24.3 Å². The summed E-state index contributed by atoms with van der Waals surface area (Å²) in [7, 11) is 0. The highest BCUT2D eigenvalue weighted by molar-refractivity contribution is 7.98. The van der Waals surface area contributed by atoms with Crippen molar-refractivity contribution >= 4 is 17.6 Å². The molecule has 1 aromatic rings. The standard InChI is InChI=1S/C16H26N2OS/c1-13-7-6-8-14(11-13)12-20-10-5-4-9-16(2,3)15(17)18-19/h6-8,11,19H,4-5,9-10,12H2,1-3H3,(H2,17,18). The van der Waals surface area contributed by atoms with E-state index in [1.807, 2.05) is 25.6 Å². The molecule has 4 heteroatoms. The zero-order valence-electron chi connectivity index (χ0n) is 12.7. The summed E-state index contributed by atoms with van der Waals surface area (Å²) in [6, 6.07) is 8.67. The third-order valence-electron chi connectivity index (χ3n) is 3.49. The minimum Gasteiger partial charge on any atom is -0.409 e. The summed E-state index contributed by atoms with van der Waals surface area (Å²) in [5, 5.41) is 11.8. The van der Waals surface area contributed by atoms with Crippen LogP contribution in [0.4, 0.5) is 0 Å². The van der Waals surface area contributed by atoms with Crippen molar-refractivity contribution in [1.82, 2.24) is 0 Å². The maximum Gasteiger partial charge on any atom is 0.144 e. The van der Waals surface area contributed by atoms with Crippen molar-refractivity contribution < 1.29 is 5.21 Å². The number of hydrogen-bond acceptors (Lipinski definition) is 3. The van der Waals surface area contributed by atoms with Gasteiger partial charge in [-0.1, -0.05) is 55.3 Å². The average molecular weight is 294 g/mol. The van der Waals surface area contributed by atoms with Crippen LogP contribution < -0.4 is 5.73 Å². The van der Waals surface area contributed by atoms with E-state index in [1.165, 1.54) is 17.5 Å². The quantitative estimate of drug-likeness (QED) is 0.249. The topological polar surface area (TPSA) is 58.6 Å². The van der Waals surface area contributed by atoms with Crippen LogP contribution in [-0.4, -0.2) is 16.8 Å². The SMILES string of the molecule is Cc1cccc(CSCCCCC(C)(C)/C(N)=N/O)c1. The summed E-state index contributed by atoms with van der Waals surface area (Å²) in [4.78, 5) is 0. The molecule has 1 aromatic carbocycles. The van der Waals surface area contributed by atoms with Crippen LogP contribution in [0.15, 0.2) is 29.4 Å². The van der Waals surface area contributed by atoms with Crippen molar-refractivity contribution in [3.63, 3.8) is 0 Å². The maximum atomic E-state index is 8.72. The van der Waals surface area contributed by atoms with Gasteiger partial charge in [0.2, 0.25) is 0 Å². The first-order chi connectivity index (χ1) is 9.45. The molecule has 1 rings (SSSR count). The molecule has 0 aliphatic heterocycles. The van der Waals surface area contributed by atoms with Gasteiger partial charge in [-0.2, -0.15) is 11.8 Å². The lowest BCUT2D eigenvalue weighted by atomic mass is 9.86. The Labute approximate surface area is 126 Å². The highest BCUT2D eigenvalue weighted by atomic mass is 32.2. The van der Waals surface area contributed by atoms with E-state index in [4.69, 9.17) is 10.9 Å². The van der Waals surface area contributed by atoms with Crippen molar-refractivity contribution in [3.05, 3.63) is 35.4 Å². The molecule has 0 fully saturated rings. The Bertz CT molecular complexity index is 444. The second-order valence-corrected chi connectivity index (χ2v) is 6.97. The van der Waals surface area contributed by atoms with Gasteiger partial charge >= 0.3 is 0 Å². The first kappa shape index (κ1) is 16.9. The summed E-state index contributed by atoms with van der Waals surface area (Å²) in [5.41, 5.74) is 8.18. The number of aryl methyl sites for hydroxylation is 1. The lowest BCUT2D eigenvalue weighted by Gasteiger charge is -2.22. The molecule has 0 aliphatic carbocycles. The van der Waals surface area contributed by atoms with Crippen molar-refractivity contribution in [3.8, 4) is 0 Å². The van der Waals surface area contributed by atoms with Gasteiger partial charge in [-0.05, 0) is 31.1 Å². The fraction of sp³-hybridized carbons (Fsp3) is 0.562. The monoisotopic (exact) mass is 294 g/mol. The predicted octanol–water partition coefficient (Wildman–Crippen LogP) is 4.17. The molecule has 0 saturated carbocycles. The molecule has 0 aromatic heterocycles. The molecule has 3 nitrogen and oxygen atoms in total. The highest BCUT2D eigenvalue weighted by Gasteiger charge is 2.22. The molecule has 112 valence electrons. The number of hydrogen-bond donors (Lipinski definition) is 2. The van der Waals surface area contributed by atoms with E-state index in [-0.39, 0.29) is 5.41 Å². The summed E-state index contributed by atoms with van der Waals surface area (Å²) < 4.78 is 0. The first-order valence-electron chi connectivity index (χ1n) is 7.07. The van der Waals surface area contributed by atoms with E-state index >= 15 is 0 Å². The summed E-state index contributed by atoms with van der Waals surface area (Å²) in [5.74, 6) is 2.55. The number of thioether (sulfide) groups is 1. The third-order valence-corrected chi connectivity index (χ3v) is 4.61. The van der Waals surface area contributed by atoms with E-state index in [1.54, 1.807) is 0 Å². The van der Waals surface area contributed by atoms with Crippen molar-refractivity contribution in [1.29, 1.82) is 0 Å². The van der Waals surface area contributed by atoms with Gasteiger partial charge in [-0.15, -0.1) is 0 Å². The van der Waals surface area contributed by atoms with Crippen LogP contribution in [0.1, 0.15) is 44.2 Å². The summed E-state index contributed by atoms with van der Waals surface area (Å²) in [6.45, 7) is 6.16. The number of oxime groups is 1. The average Bonchev–Trinajstić information content (AvgIpc) is 2.41. The maximum absolute atomic E-state index is 8.72. The molecule has 0 radical (unpaired) electrons. The molecule has 0 unspecified atom stereocenters. The van der Waals surface area contributed by atoms with E-state index < -0.39 is 0 Å². The number of nitrogens with two attached hydrogens (primary N) is 1. The van der Waals surface area contributed by atoms with Crippen molar-refractivity contribution in [2.24, 2.45) is 16.3 Å². The molecule has 0 aliphatic rings. The molecule has 0 bridgehead atoms. The second-order valence-electron chi connectivity index (χ2n) is 5.87. The van der Waals surface area contributed by atoms with Crippen molar-refractivity contribution in [2.75, 3.05) is 5.75 Å². The fourth-order valence-electron chi connectivity index (χ4n) is 2.03. The van der Waals surface area contributed by atoms with Gasteiger partial charge < -0.3 is 10.9 Å². The largest absolute Gasteiger partial charge is 0.409 e. The Balaban J connectivity index is 2.17. The third kappa shape index (κ3) is 5.87. The zero-order valence-corrected chi connectivity index (χ0v) is 13.5. The lowest BCUT2D eigenvalue weighted by Crippen LogP contribution is -2.31. The molecule has 0 atom stereocenters. The van der Waals surface area contributed by atoms with Crippen LogP contribution >= 0.6 is 11.8 Å². The number of benzene rings is 1. The van der Waals surface area contributed by atoms with E-state index in [0.29, 0.717) is 5.84 Å². The Morgan fingerprint density at radius 2 is 2.10 bits per heavy atom. The smallest absolute Gasteiger partial charge is 0.144 e. The molecule has 0 saturated heterocycles. The zero-order chi connectivity index (χ0) is 15.0. The molecule has 20 heavy (non-hydrogen) atoms. The van der Waals surface area contributed by atoms with E-state index in [9.17, 15) is 0 Å². The number of nitrogens with zero attached hydrogens (tertiary/aromatic N) is 1. The Kier molecular flexibility index (Phi) is 6.93. The van der Waals surface area contributed by atoms with Gasteiger partial charge in [0.25, 0.3) is 0 Å². The van der Waals surface area contributed by atoms with Crippen molar-refractivity contribution in [2.45, 2.75) is 45.8 Å². The van der Waals surface area contributed by atoms with Crippen LogP contribution in [0, 0.1) is 12.3 Å². The number of amidine groups is 1. The highest BCUT2D eigenvalue weighted by Crippen LogP contribution is 2.24. The molecule has 0 heterocycles. The first-order valence-corrected chi connectivity index (χ1v) is 8.22. The van der Waals surface area contributed by atoms with E-state index in [2.05, 4.69) is 36.3 Å². The minimum atomic E-state index is -0.212. The Hall–Kier alpha value is -1.16. The van der Waals surface area contributed by atoms with Crippen LogP contribution in [0.2, 0.25) is 0 Å². The molecular formula is C16H26N2OS. The predicted molar refractivity (Wildman–Crippen MR) is 88.4 cm³/mol. The van der Waals surface area contributed by atoms with Gasteiger partial charge in [0, 0.05) is 11.2 Å². The summed E-state index contributed by atoms with van der Waals surface area (Å²) >= 11 is 1.97. The molecule has 0 spiro atoms. The van der Waals surface area contributed by atoms with Crippen LogP contribution in [0.5, 0.6) is 0 Å². The number of unbranched alkanes of at least 4 members (excludes halogenated alkanes) is 1. The Morgan fingerprint density at radius 3 is 2.75 bits per heavy atom. The van der Waals surface area contributed by atoms with Crippen LogP contribution in [0.25, 0.3) is 0 Å². The van der Waals surface area contributed by atoms with Gasteiger partial charge in [-0.3, -0.25) is 0 Å². The fourth-order valence-corrected chi connectivity index (χ4v) is 2.99. The van der Waals surface area contributed by atoms with Gasteiger partial charge in [-0.25, -0.2) is 0 Å². The molecule has 3 N–H and O–H groups in total. The number of rotatable bonds is 8. The Morgan fingerprint density at radius 1 is 1.35 bits per heavy atom. The van der Waals surface area contributed by atoms with Crippen LogP contribution in [-0.2, 0) is 5.75 Å². The molecular weight excluding hydrogens is 268 g/mol. The lowest BCUT2D eigenvalue weighted by molar-refractivity contribution is 0.304. The second kappa shape index (κ2) is 8.20. The molecule has 0 amide bonds. The normalized spacial score (nSPS) is 12.7. The van der Waals surface area contributed by atoms with Gasteiger partial charge in [0.15, 0.2) is 0 Å². The minimum absolute atomic E-state index is 0.212. The van der Waals surface area contributed by atoms with Gasteiger partial charge in [0.05, 0.1) is 0 Å². The summed E-state index contributed by atoms with van der Waals surface area (Å²) in [6.07, 6.45) is 3.22.